The molecule has 1 aromatic rings. The summed E-state index contributed by atoms with van der Waals surface area (Å²) in [5, 5.41) is 0. The van der Waals surface area contributed by atoms with Crippen LogP contribution in [0.3, 0.4) is 0 Å². The van der Waals surface area contributed by atoms with E-state index in [1.54, 1.807) is 17.2 Å². The van der Waals surface area contributed by atoms with E-state index in [-0.39, 0.29) is 6.09 Å². The van der Waals surface area contributed by atoms with Gasteiger partial charge in [0, 0.05) is 19.2 Å². The molecule has 1 fully saturated rings. The first-order valence-corrected chi connectivity index (χ1v) is 5.68. The topological polar surface area (TPSA) is 33.4 Å². The van der Waals surface area contributed by atoms with Crippen molar-refractivity contribution in [3.63, 3.8) is 0 Å². The summed E-state index contributed by atoms with van der Waals surface area (Å²) in [4.78, 5) is 13.5. The molecular weight excluding hydrogens is 204 g/mol. The van der Waals surface area contributed by atoms with Gasteiger partial charge in [0.25, 0.3) is 0 Å². The zero-order chi connectivity index (χ0) is 11.4. The lowest BCUT2D eigenvalue weighted by Crippen LogP contribution is -2.38. The number of amides is 1. The molecule has 0 atom stereocenters. The Morgan fingerprint density at radius 3 is 2.81 bits per heavy atom. The molecular formula is C12H17N2O2+. The summed E-state index contributed by atoms with van der Waals surface area (Å²) in [6, 6.07) is 3.65. The van der Waals surface area contributed by atoms with Crippen LogP contribution in [0, 0.1) is 0 Å². The summed E-state index contributed by atoms with van der Waals surface area (Å²) in [6.07, 6.45) is 6.84. The quantitative estimate of drug-likeness (QED) is 0.673. The van der Waals surface area contributed by atoms with E-state index in [0.717, 1.165) is 25.9 Å². The summed E-state index contributed by atoms with van der Waals surface area (Å²) < 4.78 is 7.16. The van der Waals surface area contributed by atoms with Crippen molar-refractivity contribution in [1.29, 1.82) is 0 Å². The fourth-order valence-electron chi connectivity index (χ4n) is 1.86. The van der Waals surface area contributed by atoms with Gasteiger partial charge >= 0.3 is 6.09 Å². The lowest BCUT2D eigenvalue weighted by atomic mass is 10.1. The average molecular weight is 221 g/mol. The maximum absolute atomic E-state index is 11.8. The second-order valence-corrected chi connectivity index (χ2v) is 4.12. The lowest BCUT2D eigenvalue weighted by Gasteiger charge is -2.25. The first kappa shape index (κ1) is 10.9. The van der Waals surface area contributed by atoms with E-state index in [9.17, 15) is 4.79 Å². The van der Waals surface area contributed by atoms with Gasteiger partial charge in [0.05, 0.1) is 0 Å². The number of nitrogens with zero attached hydrogens (tertiary/aromatic N) is 2. The molecule has 0 aliphatic carbocycles. The first-order chi connectivity index (χ1) is 7.75. The Kier molecular flexibility index (Phi) is 3.39. The van der Waals surface area contributed by atoms with E-state index < -0.39 is 0 Å². The second kappa shape index (κ2) is 4.96. The first-order valence-electron chi connectivity index (χ1n) is 5.68. The predicted molar refractivity (Wildman–Crippen MR) is 59.1 cm³/mol. The van der Waals surface area contributed by atoms with Crippen molar-refractivity contribution in [3.8, 4) is 5.75 Å². The van der Waals surface area contributed by atoms with E-state index in [1.807, 2.05) is 23.9 Å². The lowest BCUT2D eigenvalue weighted by molar-refractivity contribution is -0.671. The Morgan fingerprint density at radius 2 is 2.12 bits per heavy atom. The van der Waals surface area contributed by atoms with Crippen molar-refractivity contribution < 1.29 is 14.1 Å². The third-order valence-electron chi connectivity index (χ3n) is 2.73. The molecule has 0 spiro atoms. The molecule has 0 radical (unpaired) electrons. The molecule has 0 unspecified atom stereocenters. The van der Waals surface area contributed by atoms with Crippen LogP contribution < -0.4 is 9.30 Å². The standard InChI is InChI=1S/C12H17N2O2/c1-13-7-5-6-11(10-13)16-12(15)14-8-3-2-4-9-14/h5-7,10H,2-4,8-9H2,1H3/q+1. The maximum Gasteiger partial charge on any atom is 0.415 e. The van der Waals surface area contributed by atoms with Gasteiger partial charge in [0.2, 0.25) is 6.20 Å². The Labute approximate surface area is 95.4 Å². The number of aryl methyl sites for hydroxylation is 1. The molecule has 1 amide bonds. The van der Waals surface area contributed by atoms with Gasteiger partial charge < -0.3 is 9.64 Å². The summed E-state index contributed by atoms with van der Waals surface area (Å²) >= 11 is 0. The largest absolute Gasteiger partial charge is 0.415 e. The molecule has 4 nitrogen and oxygen atoms in total. The number of likely N-dealkylation sites (tertiary alicyclic amines) is 1. The van der Waals surface area contributed by atoms with Crippen molar-refractivity contribution in [2.24, 2.45) is 7.05 Å². The molecule has 4 heteroatoms. The minimum Gasteiger partial charge on any atom is -0.404 e. The number of pyridine rings is 1. The van der Waals surface area contributed by atoms with Crippen LogP contribution in [0.1, 0.15) is 19.3 Å². The van der Waals surface area contributed by atoms with Crippen molar-refractivity contribution in [2.75, 3.05) is 13.1 Å². The Hall–Kier alpha value is -1.58. The monoisotopic (exact) mass is 221 g/mol. The van der Waals surface area contributed by atoms with Gasteiger partial charge in [-0.2, -0.15) is 0 Å². The van der Waals surface area contributed by atoms with Crippen LogP contribution in [0.5, 0.6) is 5.75 Å². The summed E-state index contributed by atoms with van der Waals surface area (Å²) in [5.41, 5.74) is 0. The third kappa shape index (κ3) is 2.72. The number of piperidine rings is 1. The minimum absolute atomic E-state index is 0.231. The Morgan fingerprint density at radius 1 is 1.38 bits per heavy atom. The van der Waals surface area contributed by atoms with Gasteiger partial charge in [0.1, 0.15) is 7.05 Å². The van der Waals surface area contributed by atoms with Crippen LogP contribution >= 0.6 is 0 Å². The third-order valence-corrected chi connectivity index (χ3v) is 2.73. The molecule has 1 saturated heterocycles. The fourth-order valence-corrected chi connectivity index (χ4v) is 1.86. The summed E-state index contributed by atoms with van der Waals surface area (Å²) in [6.45, 7) is 1.63. The number of hydrogen-bond donors (Lipinski definition) is 0. The number of hydrogen-bond acceptors (Lipinski definition) is 2. The number of carbonyl (C=O) groups excluding carboxylic acids is 1. The summed E-state index contributed by atoms with van der Waals surface area (Å²) in [7, 11) is 1.90. The van der Waals surface area contributed by atoms with Gasteiger partial charge in [-0.25, -0.2) is 9.36 Å². The van der Waals surface area contributed by atoms with Gasteiger partial charge in [-0.15, -0.1) is 0 Å². The van der Waals surface area contributed by atoms with Crippen LogP contribution in [-0.4, -0.2) is 24.1 Å². The van der Waals surface area contributed by atoms with Crippen molar-refractivity contribution in [3.05, 3.63) is 24.5 Å². The van der Waals surface area contributed by atoms with Crippen molar-refractivity contribution in [1.82, 2.24) is 4.90 Å². The molecule has 0 N–H and O–H groups in total. The molecule has 1 aliphatic rings. The normalized spacial score (nSPS) is 15.9. The number of ether oxygens (including phenoxy) is 1. The number of rotatable bonds is 1. The molecule has 0 saturated carbocycles. The highest BCUT2D eigenvalue weighted by atomic mass is 16.6. The Balaban J connectivity index is 1.96. The molecule has 1 aromatic heterocycles. The van der Waals surface area contributed by atoms with E-state index >= 15 is 0 Å². The molecule has 16 heavy (non-hydrogen) atoms. The van der Waals surface area contributed by atoms with Gasteiger partial charge in [-0.1, -0.05) is 0 Å². The fraction of sp³-hybridized carbons (Fsp3) is 0.500. The zero-order valence-electron chi connectivity index (χ0n) is 9.56. The highest BCUT2D eigenvalue weighted by Crippen LogP contribution is 2.12. The van der Waals surface area contributed by atoms with E-state index in [1.165, 1.54) is 6.42 Å². The number of carbonyl (C=O) groups is 1. The van der Waals surface area contributed by atoms with Crippen LogP contribution in [0.4, 0.5) is 4.79 Å². The highest BCUT2D eigenvalue weighted by molar-refractivity contribution is 5.70. The zero-order valence-corrected chi connectivity index (χ0v) is 9.56. The number of aromatic nitrogens is 1. The van der Waals surface area contributed by atoms with Crippen molar-refractivity contribution >= 4 is 6.09 Å². The van der Waals surface area contributed by atoms with Gasteiger partial charge in [0.15, 0.2) is 11.9 Å². The highest BCUT2D eigenvalue weighted by Gasteiger charge is 2.18. The summed E-state index contributed by atoms with van der Waals surface area (Å²) in [5.74, 6) is 0.598. The van der Waals surface area contributed by atoms with E-state index in [2.05, 4.69) is 0 Å². The minimum atomic E-state index is -0.231. The van der Waals surface area contributed by atoms with E-state index in [4.69, 9.17) is 4.74 Å². The molecule has 2 heterocycles. The predicted octanol–water partition coefficient (Wildman–Crippen LogP) is 1.50. The smallest absolute Gasteiger partial charge is 0.404 e. The van der Waals surface area contributed by atoms with Crippen LogP contribution in [0.25, 0.3) is 0 Å². The second-order valence-electron chi connectivity index (χ2n) is 4.12. The average Bonchev–Trinajstić information content (AvgIpc) is 2.30. The van der Waals surface area contributed by atoms with Gasteiger partial charge in [-0.3, -0.25) is 0 Å². The molecule has 2 rings (SSSR count). The maximum atomic E-state index is 11.8. The van der Waals surface area contributed by atoms with Crippen LogP contribution in [-0.2, 0) is 7.05 Å². The van der Waals surface area contributed by atoms with Gasteiger partial charge in [-0.05, 0) is 25.3 Å². The van der Waals surface area contributed by atoms with E-state index in [0.29, 0.717) is 5.75 Å². The molecule has 0 bridgehead atoms. The van der Waals surface area contributed by atoms with Crippen molar-refractivity contribution in [2.45, 2.75) is 19.3 Å². The van der Waals surface area contributed by atoms with Crippen LogP contribution in [0.15, 0.2) is 24.5 Å². The SMILES string of the molecule is C[n+]1cccc(OC(=O)N2CCCCC2)c1. The Bertz CT molecular complexity index is 373. The molecule has 1 aliphatic heterocycles. The molecule has 86 valence electrons. The molecule has 0 aromatic carbocycles. The van der Waals surface area contributed by atoms with Crippen LogP contribution in [0.2, 0.25) is 0 Å².